The molecule has 1 N–H and O–H groups in total. The standard InChI is InChI=1S/C15H14N2O3/c18-11-6-3-5-10(11)15-16-14(17-20-15)13-8-9-4-1-2-7-12(9)19-13/h1-2,4,7-8,10-11,18H,3,5-6H2. The van der Waals surface area contributed by atoms with E-state index in [1.807, 2.05) is 30.3 Å². The van der Waals surface area contributed by atoms with E-state index in [9.17, 15) is 5.11 Å². The van der Waals surface area contributed by atoms with E-state index in [2.05, 4.69) is 10.1 Å². The lowest BCUT2D eigenvalue weighted by Crippen LogP contribution is -2.11. The Morgan fingerprint density at radius 3 is 2.90 bits per heavy atom. The Kier molecular flexibility index (Phi) is 2.60. The maximum Gasteiger partial charge on any atom is 0.238 e. The van der Waals surface area contributed by atoms with Crippen LogP contribution in [0.25, 0.3) is 22.6 Å². The van der Waals surface area contributed by atoms with E-state index in [0.717, 1.165) is 30.2 Å². The fraction of sp³-hybridized carbons (Fsp3) is 0.333. The molecule has 1 fully saturated rings. The lowest BCUT2D eigenvalue weighted by atomic mass is 10.1. The zero-order valence-corrected chi connectivity index (χ0v) is 10.8. The molecule has 1 saturated carbocycles. The van der Waals surface area contributed by atoms with E-state index in [1.54, 1.807) is 0 Å². The number of hydrogen-bond acceptors (Lipinski definition) is 5. The third-order valence-corrected chi connectivity index (χ3v) is 3.88. The number of hydrogen-bond donors (Lipinski definition) is 1. The number of para-hydroxylation sites is 1. The molecule has 0 spiro atoms. The van der Waals surface area contributed by atoms with Gasteiger partial charge >= 0.3 is 0 Å². The van der Waals surface area contributed by atoms with E-state index in [1.165, 1.54) is 0 Å². The topological polar surface area (TPSA) is 72.3 Å². The molecule has 0 aliphatic heterocycles. The summed E-state index contributed by atoms with van der Waals surface area (Å²) in [7, 11) is 0. The summed E-state index contributed by atoms with van der Waals surface area (Å²) in [6.07, 6.45) is 2.31. The molecule has 5 heteroatoms. The second-order valence-electron chi connectivity index (χ2n) is 5.21. The number of benzene rings is 1. The fourth-order valence-corrected chi connectivity index (χ4v) is 2.81. The molecule has 2 atom stereocenters. The van der Waals surface area contributed by atoms with Crippen molar-refractivity contribution in [3.63, 3.8) is 0 Å². The molecule has 20 heavy (non-hydrogen) atoms. The Labute approximate surface area is 115 Å². The monoisotopic (exact) mass is 270 g/mol. The SMILES string of the molecule is OC1CCCC1c1nc(-c2cc3ccccc3o2)no1. The van der Waals surface area contributed by atoms with Crippen molar-refractivity contribution in [1.29, 1.82) is 0 Å². The van der Waals surface area contributed by atoms with Crippen LogP contribution < -0.4 is 0 Å². The van der Waals surface area contributed by atoms with Crippen LogP contribution in [0.4, 0.5) is 0 Å². The molecular weight excluding hydrogens is 256 g/mol. The van der Waals surface area contributed by atoms with Gasteiger partial charge in [-0.15, -0.1) is 0 Å². The van der Waals surface area contributed by atoms with E-state index in [0.29, 0.717) is 17.5 Å². The highest BCUT2D eigenvalue weighted by molar-refractivity contribution is 5.81. The number of nitrogens with zero attached hydrogens (tertiary/aromatic N) is 2. The van der Waals surface area contributed by atoms with Crippen LogP contribution in [0.5, 0.6) is 0 Å². The molecule has 5 nitrogen and oxygen atoms in total. The minimum absolute atomic E-state index is 0.0411. The molecule has 102 valence electrons. The van der Waals surface area contributed by atoms with Gasteiger partial charge in [-0.05, 0) is 31.4 Å². The number of aliphatic hydroxyl groups excluding tert-OH is 1. The van der Waals surface area contributed by atoms with E-state index >= 15 is 0 Å². The van der Waals surface area contributed by atoms with Gasteiger partial charge in [-0.2, -0.15) is 4.98 Å². The first-order valence-corrected chi connectivity index (χ1v) is 6.82. The summed E-state index contributed by atoms with van der Waals surface area (Å²) in [5.41, 5.74) is 0.801. The molecule has 0 amide bonds. The smallest absolute Gasteiger partial charge is 0.238 e. The van der Waals surface area contributed by atoms with Gasteiger partial charge in [-0.1, -0.05) is 23.4 Å². The van der Waals surface area contributed by atoms with Gasteiger partial charge in [0.05, 0.1) is 12.0 Å². The van der Waals surface area contributed by atoms with Crippen LogP contribution in [0, 0.1) is 0 Å². The molecule has 0 bridgehead atoms. The van der Waals surface area contributed by atoms with Crippen molar-refractivity contribution < 1.29 is 14.0 Å². The zero-order valence-electron chi connectivity index (χ0n) is 10.8. The highest BCUT2D eigenvalue weighted by atomic mass is 16.5. The van der Waals surface area contributed by atoms with Gasteiger partial charge in [0, 0.05) is 5.39 Å². The molecule has 0 saturated heterocycles. The quantitative estimate of drug-likeness (QED) is 0.774. The van der Waals surface area contributed by atoms with Crippen molar-refractivity contribution in [2.24, 2.45) is 0 Å². The van der Waals surface area contributed by atoms with Gasteiger partial charge in [0.2, 0.25) is 11.7 Å². The van der Waals surface area contributed by atoms with E-state index in [-0.39, 0.29) is 12.0 Å². The van der Waals surface area contributed by atoms with Crippen LogP contribution in [0.3, 0.4) is 0 Å². The first-order valence-electron chi connectivity index (χ1n) is 6.82. The third-order valence-electron chi connectivity index (χ3n) is 3.88. The van der Waals surface area contributed by atoms with Gasteiger partial charge in [-0.25, -0.2) is 0 Å². The summed E-state index contributed by atoms with van der Waals surface area (Å²) in [6.45, 7) is 0. The molecular formula is C15H14N2O3. The van der Waals surface area contributed by atoms with Crippen LogP contribution in [-0.2, 0) is 0 Å². The zero-order chi connectivity index (χ0) is 13.5. The third kappa shape index (κ3) is 1.82. The fourth-order valence-electron chi connectivity index (χ4n) is 2.81. The highest BCUT2D eigenvalue weighted by Gasteiger charge is 2.31. The minimum Gasteiger partial charge on any atom is -0.453 e. The molecule has 1 aliphatic carbocycles. The van der Waals surface area contributed by atoms with Crippen molar-refractivity contribution in [3.05, 3.63) is 36.2 Å². The Balaban J connectivity index is 1.70. The largest absolute Gasteiger partial charge is 0.453 e. The first-order chi connectivity index (χ1) is 9.81. The molecule has 0 radical (unpaired) electrons. The predicted octanol–water partition coefficient (Wildman–Crippen LogP) is 3.11. The second-order valence-corrected chi connectivity index (χ2v) is 5.21. The maximum absolute atomic E-state index is 9.89. The van der Waals surface area contributed by atoms with Crippen LogP contribution in [0.1, 0.15) is 31.1 Å². The van der Waals surface area contributed by atoms with Gasteiger partial charge in [0.25, 0.3) is 0 Å². The van der Waals surface area contributed by atoms with Gasteiger partial charge in [0.15, 0.2) is 5.76 Å². The van der Waals surface area contributed by atoms with Crippen molar-refractivity contribution in [3.8, 4) is 11.6 Å². The average molecular weight is 270 g/mol. The van der Waals surface area contributed by atoms with Crippen LogP contribution in [-0.4, -0.2) is 21.4 Å². The average Bonchev–Trinajstić information content (AvgIpc) is 3.15. The number of aliphatic hydroxyl groups is 1. The molecule has 2 unspecified atom stereocenters. The summed E-state index contributed by atoms with van der Waals surface area (Å²) in [5.74, 6) is 1.50. The number of fused-ring (bicyclic) bond motifs is 1. The summed E-state index contributed by atoms with van der Waals surface area (Å²) < 4.78 is 11.0. The Morgan fingerprint density at radius 1 is 1.20 bits per heavy atom. The maximum atomic E-state index is 9.89. The Morgan fingerprint density at radius 2 is 2.10 bits per heavy atom. The van der Waals surface area contributed by atoms with Gasteiger partial charge in [-0.3, -0.25) is 0 Å². The van der Waals surface area contributed by atoms with Crippen molar-refractivity contribution >= 4 is 11.0 Å². The predicted molar refractivity (Wildman–Crippen MR) is 72.1 cm³/mol. The number of aromatic nitrogens is 2. The summed E-state index contributed by atoms with van der Waals surface area (Å²) in [6, 6.07) is 9.66. The minimum atomic E-state index is -0.376. The van der Waals surface area contributed by atoms with Gasteiger partial charge < -0.3 is 14.0 Å². The molecule has 2 heterocycles. The summed E-state index contributed by atoms with van der Waals surface area (Å²) in [4.78, 5) is 4.38. The van der Waals surface area contributed by atoms with Crippen LogP contribution in [0.15, 0.2) is 39.3 Å². The molecule has 3 aromatic rings. The number of furan rings is 1. The molecule has 1 aliphatic rings. The highest BCUT2D eigenvalue weighted by Crippen LogP contribution is 2.35. The normalized spacial score (nSPS) is 22.6. The van der Waals surface area contributed by atoms with E-state index in [4.69, 9.17) is 8.94 Å². The van der Waals surface area contributed by atoms with Crippen LogP contribution >= 0.6 is 0 Å². The van der Waals surface area contributed by atoms with Crippen LogP contribution in [0.2, 0.25) is 0 Å². The van der Waals surface area contributed by atoms with Crippen molar-refractivity contribution in [2.45, 2.75) is 31.3 Å². The van der Waals surface area contributed by atoms with E-state index < -0.39 is 0 Å². The lowest BCUT2D eigenvalue weighted by Gasteiger charge is -2.07. The second kappa shape index (κ2) is 4.45. The van der Waals surface area contributed by atoms with Gasteiger partial charge in [0.1, 0.15) is 5.58 Å². The number of rotatable bonds is 2. The summed E-state index contributed by atoms with van der Waals surface area (Å²) in [5, 5.41) is 14.9. The summed E-state index contributed by atoms with van der Waals surface area (Å²) >= 11 is 0. The van der Waals surface area contributed by atoms with Crippen molar-refractivity contribution in [2.75, 3.05) is 0 Å². The Bertz CT molecular complexity index is 713. The Hall–Kier alpha value is -2.14. The molecule has 4 rings (SSSR count). The van der Waals surface area contributed by atoms with Crippen molar-refractivity contribution in [1.82, 2.24) is 10.1 Å². The molecule has 2 aromatic heterocycles. The first kappa shape index (κ1) is 11.7. The molecule has 1 aromatic carbocycles. The lowest BCUT2D eigenvalue weighted by molar-refractivity contribution is 0.148.